The predicted molar refractivity (Wildman–Crippen MR) is 213 cm³/mol. The van der Waals surface area contributed by atoms with Crippen LogP contribution in [-0.2, 0) is 27.8 Å². The summed E-state index contributed by atoms with van der Waals surface area (Å²) in [4.78, 5) is 20.1. The molecule has 2 N–H and O–H groups in total. The van der Waals surface area contributed by atoms with Gasteiger partial charge in [0.2, 0.25) is 0 Å². The number of hydrogen-bond acceptors (Lipinski definition) is 8. The molecule has 2 unspecified atom stereocenters. The minimum Gasteiger partial charge on any atom is -0.493 e. The maximum Gasteiger partial charge on any atom is 0.329 e. The largest absolute Gasteiger partial charge is 0.493 e. The molecule has 1 fully saturated rings. The van der Waals surface area contributed by atoms with Crippen LogP contribution in [0.25, 0.3) is 0 Å². The number of carbonyl (C=O) groups is 1. The van der Waals surface area contributed by atoms with Gasteiger partial charge in [0, 0.05) is 61.4 Å². The van der Waals surface area contributed by atoms with Gasteiger partial charge in [0.1, 0.15) is 17.4 Å². The zero-order chi connectivity index (χ0) is 37.9. The van der Waals surface area contributed by atoms with Gasteiger partial charge in [0.25, 0.3) is 0 Å². The molecule has 292 valence electrons. The number of likely N-dealkylation sites (N-methyl/N-ethyl adjacent to an activating group) is 1. The van der Waals surface area contributed by atoms with E-state index in [0.717, 1.165) is 87.6 Å². The summed E-state index contributed by atoms with van der Waals surface area (Å²) in [6.07, 6.45) is 11.4. The average molecular weight is 760 g/mol. The molecule has 9 nitrogen and oxygen atoms in total. The number of aryl methyl sites for hydroxylation is 1. The summed E-state index contributed by atoms with van der Waals surface area (Å²) in [5.41, 5.74) is 4.52. The zero-order valence-corrected chi connectivity index (χ0v) is 33.3. The van der Waals surface area contributed by atoms with Crippen LogP contribution >= 0.6 is 11.6 Å². The summed E-state index contributed by atoms with van der Waals surface area (Å²) in [5, 5.41) is 14.7. The number of halogens is 1. The second-order valence-electron chi connectivity index (χ2n) is 16.6. The van der Waals surface area contributed by atoms with Gasteiger partial charge in [0.05, 0.1) is 13.2 Å². The minimum atomic E-state index is -1.08. The number of carboxylic acid groups (broad SMARTS) is 1. The van der Waals surface area contributed by atoms with Gasteiger partial charge < -0.3 is 34.3 Å². The van der Waals surface area contributed by atoms with E-state index in [9.17, 15) is 9.90 Å². The first-order chi connectivity index (χ1) is 26.1. The number of rotatable bonds is 14. The average Bonchev–Trinajstić information content (AvgIpc) is 3.27. The monoisotopic (exact) mass is 759 g/mol. The van der Waals surface area contributed by atoms with Crippen molar-refractivity contribution in [3.63, 3.8) is 0 Å². The van der Waals surface area contributed by atoms with Gasteiger partial charge in [-0.3, -0.25) is 4.98 Å². The SMILES string of the molecule is COCCCN(C)CC1CCOc2cc3c(cc2O1)C1(CCC(Nc2cccc(Cl)c2)(C(=O)O)CC1)C(C[C@@H](C)COc1ccnc2c1[C@H](C)CCC2)C3. The molecule has 54 heavy (non-hydrogen) atoms. The molecule has 7 rings (SSSR count). The summed E-state index contributed by atoms with van der Waals surface area (Å²) in [5.74, 6) is 2.86. The van der Waals surface area contributed by atoms with Crippen molar-refractivity contribution in [2.75, 3.05) is 52.4 Å². The second kappa shape index (κ2) is 16.7. The maximum absolute atomic E-state index is 13.1. The Labute approximate surface area is 326 Å². The Balaban J connectivity index is 1.14. The van der Waals surface area contributed by atoms with Crippen molar-refractivity contribution in [1.29, 1.82) is 0 Å². The lowest BCUT2D eigenvalue weighted by atomic mass is 9.59. The van der Waals surface area contributed by atoms with Crippen LogP contribution < -0.4 is 19.5 Å². The number of aromatic nitrogens is 1. The Morgan fingerprint density at radius 3 is 2.76 bits per heavy atom. The lowest BCUT2D eigenvalue weighted by molar-refractivity contribution is -0.144. The van der Waals surface area contributed by atoms with E-state index in [-0.39, 0.29) is 11.5 Å². The molecule has 0 amide bonds. The van der Waals surface area contributed by atoms with Gasteiger partial charge in [-0.1, -0.05) is 31.5 Å². The molecule has 4 atom stereocenters. The van der Waals surface area contributed by atoms with E-state index in [4.69, 9.17) is 30.5 Å². The van der Waals surface area contributed by atoms with Gasteiger partial charge in [-0.05, 0) is 142 Å². The summed E-state index contributed by atoms with van der Waals surface area (Å²) in [6.45, 7) is 8.32. The quantitative estimate of drug-likeness (QED) is 0.156. The predicted octanol–water partition coefficient (Wildman–Crippen LogP) is 8.70. The smallest absolute Gasteiger partial charge is 0.329 e. The minimum absolute atomic E-state index is 0.0109. The normalized spacial score (nSPS) is 26.5. The molecule has 0 radical (unpaired) electrons. The topological polar surface area (TPSA) is 102 Å². The lowest BCUT2D eigenvalue weighted by Crippen LogP contribution is -2.53. The summed E-state index contributed by atoms with van der Waals surface area (Å²) >= 11 is 6.32. The number of aliphatic carboxylic acids is 1. The number of nitrogens with one attached hydrogen (secondary N) is 1. The summed E-state index contributed by atoms with van der Waals surface area (Å²) in [7, 11) is 3.88. The van der Waals surface area contributed by atoms with E-state index in [1.165, 1.54) is 35.2 Å². The first kappa shape index (κ1) is 38.7. The Morgan fingerprint density at radius 1 is 1.15 bits per heavy atom. The Morgan fingerprint density at radius 2 is 1.98 bits per heavy atom. The number of pyridine rings is 1. The lowest BCUT2D eigenvalue weighted by Gasteiger charge is -2.47. The van der Waals surface area contributed by atoms with E-state index < -0.39 is 11.5 Å². The van der Waals surface area contributed by atoms with Crippen molar-refractivity contribution < 1.29 is 28.8 Å². The molecule has 1 spiro atoms. The number of anilines is 1. The van der Waals surface area contributed by atoms with E-state index in [1.807, 2.05) is 36.5 Å². The number of fused-ring (bicyclic) bond motifs is 4. The van der Waals surface area contributed by atoms with Crippen molar-refractivity contribution >= 4 is 23.3 Å². The Hall–Kier alpha value is -3.53. The molecule has 0 bridgehead atoms. The molecule has 1 saturated carbocycles. The fourth-order valence-electron chi connectivity index (χ4n) is 9.90. The van der Waals surface area contributed by atoms with Crippen molar-refractivity contribution in [3.05, 3.63) is 76.1 Å². The van der Waals surface area contributed by atoms with Crippen molar-refractivity contribution in [2.45, 2.75) is 107 Å². The van der Waals surface area contributed by atoms with Crippen molar-refractivity contribution in [1.82, 2.24) is 9.88 Å². The molecule has 2 heterocycles. The third-order valence-corrected chi connectivity index (χ3v) is 13.0. The van der Waals surface area contributed by atoms with Crippen LogP contribution in [0.1, 0.15) is 99.9 Å². The van der Waals surface area contributed by atoms with Crippen LogP contribution in [0.3, 0.4) is 0 Å². The van der Waals surface area contributed by atoms with E-state index in [2.05, 4.69) is 48.2 Å². The van der Waals surface area contributed by atoms with E-state index in [1.54, 1.807) is 7.11 Å². The van der Waals surface area contributed by atoms with E-state index in [0.29, 0.717) is 48.8 Å². The van der Waals surface area contributed by atoms with Crippen molar-refractivity contribution in [3.8, 4) is 17.2 Å². The molecule has 3 aromatic rings. The molecule has 2 aromatic carbocycles. The highest BCUT2D eigenvalue weighted by molar-refractivity contribution is 6.30. The molecule has 3 aliphatic carbocycles. The van der Waals surface area contributed by atoms with Crippen LogP contribution in [0.2, 0.25) is 5.02 Å². The maximum atomic E-state index is 13.1. The van der Waals surface area contributed by atoms with Crippen LogP contribution in [0.15, 0.2) is 48.7 Å². The highest BCUT2D eigenvalue weighted by atomic mass is 35.5. The molecule has 10 heteroatoms. The van der Waals surface area contributed by atoms with Crippen LogP contribution in [-0.4, -0.2) is 79.7 Å². The third kappa shape index (κ3) is 8.19. The van der Waals surface area contributed by atoms with E-state index >= 15 is 0 Å². The highest BCUT2D eigenvalue weighted by Crippen LogP contribution is 2.58. The number of hydrogen-bond donors (Lipinski definition) is 2. The standard InChI is InChI=1S/C44H58ClN3O6/c1-29(28-53-38-12-18-46-37-11-5-8-30(2)41(37)38)22-32-23-31-24-39-40(54-35(13-21-52-39)27-48(3)19-7-20-51-4)26-36(31)43(32)14-16-44(17-15-43,42(49)50)47-34-10-6-9-33(45)25-34/h6,9-10,12,18,24-26,29-30,32,35,47H,5,7-8,11,13-17,19-23,27-28H2,1-4H3,(H,49,50)/t29-,30-,32?,35?,43?,44?/m1/s1. The number of methoxy groups -OCH3 is 1. The van der Waals surface area contributed by atoms with Gasteiger partial charge in [-0.15, -0.1) is 0 Å². The van der Waals surface area contributed by atoms with Gasteiger partial charge in [-0.25, -0.2) is 4.79 Å². The highest BCUT2D eigenvalue weighted by Gasteiger charge is 2.54. The fraction of sp³-hybridized carbons (Fsp3) is 0.591. The van der Waals surface area contributed by atoms with Crippen molar-refractivity contribution in [2.24, 2.45) is 11.8 Å². The number of benzene rings is 2. The van der Waals surface area contributed by atoms with Gasteiger partial charge in [0.15, 0.2) is 11.5 Å². The number of ether oxygens (including phenoxy) is 4. The Kier molecular flexibility index (Phi) is 12.0. The molecule has 1 aliphatic heterocycles. The summed E-state index contributed by atoms with van der Waals surface area (Å²) in [6, 6.07) is 13.9. The molecule has 1 aromatic heterocycles. The van der Waals surface area contributed by atoms with Gasteiger partial charge >= 0.3 is 5.97 Å². The second-order valence-corrected chi connectivity index (χ2v) is 17.1. The number of carboxylic acids is 1. The number of nitrogens with zero attached hydrogens (tertiary/aromatic N) is 2. The Bertz CT molecular complexity index is 1780. The molecule has 4 aliphatic rings. The fourth-order valence-corrected chi connectivity index (χ4v) is 10.1. The van der Waals surface area contributed by atoms with Crippen LogP contribution in [0.5, 0.6) is 17.2 Å². The first-order valence-corrected chi connectivity index (χ1v) is 20.5. The molecule has 0 saturated heterocycles. The molecular weight excluding hydrogens is 702 g/mol. The third-order valence-electron chi connectivity index (χ3n) is 12.7. The molecular formula is C44H58ClN3O6. The van der Waals surface area contributed by atoms with Crippen LogP contribution in [0, 0.1) is 11.8 Å². The van der Waals surface area contributed by atoms with Crippen LogP contribution in [0.4, 0.5) is 5.69 Å². The summed E-state index contributed by atoms with van der Waals surface area (Å²) < 4.78 is 25.0. The first-order valence-electron chi connectivity index (χ1n) is 20.1. The van der Waals surface area contributed by atoms with Gasteiger partial charge in [-0.2, -0.15) is 0 Å². The zero-order valence-electron chi connectivity index (χ0n) is 32.5.